The summed E-state index contributed by atoms with van der Waals surface area (Å²) in [6.07, 6.45) is 0.375. The first-order chi connectivity index (χ1) is 9.02. The average molecular weight is 302 g/mol. The summed E-state index contributed by atoms with van der Waals surface area (Å²) in [6.45, 7) is 1.72. The van der Waals surface area contributed by atoms with Gasteiger partial charge in [0, 0.05) is 10.8 Å². The molecule has 0 heterocycles. The molecule has 0 aromatic heterocycles. The van der Waals surface area contributed by atoms with Gasteiger partial charge in [-0.15, -0.1) is 11.8 Å². The second kappa shape index (κ2) is 8.07. The SMILES string of the molecule is CC[C@H](NC(=O)CSCc1cccc(Cl)c1)C(=O)O. The Balaban J connectivity index is 2.33. The molecular formula is C13H16ClNO3S. The second-order valence-corrected chi connectivity index (χ2v) is 5.41. The predicted molar refractivity (Wildman–Crippen MR) is 77.5 cm³/mol. The van der Waals surface area contributed by atoms with Gasteiger partial charge in [-0.3, -0.25) is 4.79 Å². The lowest BCUT2D eigenvalue weighted by Crippen LogP contribution is -2.41. The zero-order chi connectivity index (χ0) is 14.3. The average Bonchev–Trinajstić information content (AvgIpc) is 2.35. The zero-order valence-electron chi connectivity index (χ0n) is 10.6. The Hall–Kier alpha value is -1.20. The Bertz CT molecular complexity index is 453. The molecule has 104 valence electrons. The van der Waals surface area contributed by atoms with Gasteiger partial charge in [0.15, 0.2) is 0 Å². The van der Waals surface area contributed by atoms with Crippen molar-refractivity contribution in [1.29, 1.82) is 0 Å². The molecule has 2 N–H and O–H groups in total. The van der Waals surface area contributed by atoms with Crippen molar-refractivity contribution in [3.05, 3.63) is 34.9 Å². The number of aliphatic carboxylic acids is 1. The number of amides is 1. The van der Waals surface area contributed by atoms with Gasteiger partial charge in [0.05, 0.1) is 5.75 Å². The Morgan fingerprint density at radius 3 is 2.79 bits per heavy atom. The Morgan fingerprint density at radius 2 is 2.21 bits per heavy atom. The van der Waals surface area contributed by atoms with E-state index in [1.165, 1.54) is 11.8 Å². The Morgan fingerprint density at radius 1 is 1.47 bits per heavy atom. The lowest BCUT2D eigenvalue weighted by molar-refractivity contribution is -0.141. The van der Waals surface area contributed by atoms with E-state index in [4.69, 9.17) is 16.7 Å². The van der Waals surface area contributed by atoms with Crippen LogP contribution in [-0.2, 0) is 15.3 Å². The van der Waals surface area contributed by atoms with E-state index in [1.54, 1.807) is 13.0 Å². The molecule has 0 aliphatic heterocycles. The first-order valence-electron chi connectivity index (χ1n) is 5.87. The highest BCUT2D eigenvalue weighted by molar-refractivity contribution is 7.99. The van der Waals surface area contributed by atoms with E-state index in [0.29, 0.717) is 17.2 Å². The third kappa shape index (κ3) is 5.98. The lowest BCUT2D eigenvalue weighted by atomic mass is 10.2. The van der Waals surface area contributed by atoms with Crippen LogP contribution in [0.25, 0.3) is 0 Å². The van der Waals surface area contributed by atoms with Gasteiger partial charge >= 0.3 is 5.97 Å². The van der Waals surface area contributed by atoms with Gasteiger partial charge < -0.3 is 10.4 Å². The summed E-state index contributed by atoms with van der Waals surface area (Å²) in [6, 6.07) is 6.62. The maximum atomic E-state index is 11.6. The lowest BCUT2D eigenvalue weighted by Gasteiger charge is -2.11. The highest BCUT2D eigenvalue weighted by Crippen LogP contribution is 2.16. The molecule has 1 amide bonds. The number of hydrogen-bond donors (Lipinski definition) is 2. The fraction of sp³-hybridized carbons (Fsp3) is 0.385. The Kier molecular flexibility index (Phi) is 6.73. The molecule has 0 fully saturated rings. The van der Waals surface area contributed by atoms with Crippen LogP contribution in [0.4, 0.5) is 0 Å². The number of rotatable bonds is 7. The monoisotopic (exact) mass is 301 g/mol. The second-order valence-electron chi connectivity index (χ2n) is 3.99. The van der Waals surface area contributed by atoms with Crippen LogP contribution in [-0.4, -0.2) is 28.8 Å². The molecule has 0 saturated heterocycles. The molecule has 0 aliphatic rings. The van der Waals surface area contributed by atoms with Crippen LogP contribution in [0.15, 0.2) is 24.3 Å². The summed E-state index contributed by atoms with van der Waals surface area (Å²) in [5.74, 6) is -0.370. The molecule has 0 bridgehead atoms. The van der Waals surface area contributed by atoms with Gasteiger partial charge in [0.1, 0.15) is 6.04 Å². The number of thioether (sulfide) groups is 1. The summed E-state index contributed by atoms with van der Waals surface area (Å²) < 4.78 is 0. The van der Waals surface area contributed by atoms with E-state index in [0.717, 1.165) is 5.56 Å². The van der Waals surface area contributed by atoms with Gasteiger partial charge in [0.25, 0.3) is 0 Å². The number of benzene rings is 1. The molecule has 19 heavy (non-hydrogen) atoms. The van der Waals surface area contributed by atoms with Crippen LogP contribution < -0.4 is 5.32 Å². The Labute approximate surface area is 121 Å². The summed E-state index contributed by atoms with van der Waals surface area (Å²) in [5.41, 5.74) is 1.04. The standard InChI is InChI=1S/C13H16ClNO3S/c1-2-11(13(17)18)15-12(16)8-19-7-9-4-3-5-10(14)6-9/h3-6,11H,2,7-8H2,1H3,(H,15,16)(H,17,18)/t11-/m0/s1. The number of nitrogens with one attached hydrogen (secondary N) is 1. The number of hydrogen-bond acceptors (Lipinski definition) is 3. The summed E-state index contributed by atoms with van der Waals surface area (Å²) >= 11 is 7.28. The number of carbonyl (C=O) groups is 2. The van der Waals surface area contributed by atoms with E-state index in [9.17, 15) is 9.59 Å². The van der Waals surface area contributed by atoms with Crippen LogP contribution in [0, 0.1) is 0 Å². The molecule has 1 aromatic carbocycles. The van der Waals surface area contributed by atoms with E-state index < -0.39 is 12.0 Å². The van der Waals surface area contributed by atoms with Crippen molar-refractivity contribution in [2.75, 3.05) is 5.75 Å². The van der Waals surface area contributed by atoms with Crippen LogP contribution in [0.2, 0.25) is 5.02 Å². The molecule has 0 spiro atoms. The third-order valence-electron chi connectivity index (χ3n) is 2.43. The number of carbonyl (C=O) groups excluding carboxylic acids is 1. The maximum absolute atomic E-state index is 11.6. The van der Waals surface area contributed by atoms with Crippen LogP contribution >= 0.6 is 23.4 Å². The van der Waals surface area contributed by atoms with Crippen molar-refractivity contribution < 1.29 is 14.7 Å². The predicted octanol–water partition coefficient (Wildman–Crippen LogP) is 2.55. The molecule has 0 unspecified atom stereocenters. The number of carboxylic acid groups (broad SMARTS) is 1. The topological polar surface area (TPSA) is 66.4 Å². The van der Waals surface area contributed by atoms with Crippen molar-refractivity contribution in [2.45, 2.75) is 25.1 Å². The van der Waals surface area contributed by atoms with Crippen molar-refractivity contribution in [1.82, 2.24) is 5.32 Å². The summed E-state index contributed by atoms with van der Waals surface area (Å²) in [7, 11) is 0. The smallest absolute Gasteiger partial charge is 0.326 e. The molecule has 1 aromatic rings. The quantitative estimate of drug-likeness (QED) is 0.812. The minimum absolute atomic E-state index is 0.232. The van der Waals surface area contributed by atoms with E-state index in [1.807, 2.05) is 18.2 Å². The van der Waals surface area contributed by atoms with Crippen LogP contribution in [0.3, 0.4) is 0 Å². The zero-order valence-corrected chi connectivity index (χ0v) is 12.1. The first-order valence-corrected chi connectivity index (χ1v) is 7.40. The fourth-order valence-corrected chi connectivity index (χ4v) is 2.46. The molecule has 1 rings (SSSR count). The number of halogens is 1. The molecule has 0 aliphatic carbocycles. The maximum Gasteiger partial charge on any atom is 0.326 e. The highest BCUT2D eigenvalue weighted by Gasteiger charge is 2.17. The van der Waals surface area contributed by atoms with Crippen molar-refractivity contribution in [2.24, 2.45) is 0 Å². The number of carboxylic acids is 1. The molecule has 1 atom stereocenters. The molecule has 6 heteroatoms. The molecular weight excluding hydrogens is 286 g/mol. The normalized spacial score (nSPS) is 11.9. The minimum atomic E-state index is -1.00. The van der Waals surface area contributed by atoms with Crippen molar-refractivity contribution in [3.8, 4) is 0 Å². The van der Waals surface area contributed by atoms with Gasteiger partial charge in [-0.1, -0.05) is 30.7 Å². The van der Waals surface area contributed by atoms with Gasteiger partial charge in [-0.2, -0.15) is 0 Å². The fourth-order valence-electron chi connectivity index (χ4n) is 1.46. The van der Waals surface area contributed by atoms with Gasteiger partial charge in [0.2, 0.25) is 5.91 Å². The van der Waals surface area contributed by atoms with Crippen LogP contribution in [0.1, 0.15) is 18.9 Å². The third-order valence-corrected chi connectivity index (χ3v) is 3.67. The summed E-state index contributed by atoms with van der Waals surface area (Å²) in [5, 5.41) is 12.0. The van der Waals surface area contributed by atoms with Gasteiger partial charge in [-0.25, -0.2) is 4.79 Å². The highest BCUT2D eigenvalue weighted by atomic mass is 35.5. The molecule has 0 radical (unpaired) electrons. The van der Waals surface area contributed by atoms with Gasteiger partial charge in [-0.05, 0) is 24.1 Å². The molecule has 4 nitrogen and oxygen atoms in total. The van der Waals surface area contributed by atoms with E-state index >= 15 is 0 Å². The van der Waals surface area contributed by atoms with Crippen LogP contribution in [0.5, 0.6) is 0 Å². The van der Waals surface area contributed by atoms with E-state index in [-0.39, 0.29) is 11.7 Å². The van der Waals surface area contributed by atoms with Crippen molar-refractivity contribution >= 4 is 35.2 Å². The van der Waals surface area contributed by atoms with E-state index in [2.05, 4.69) is 5.32 Å². The molecule has 0 saturated carbocycles. The summed E-state index contributed by atoms with van der Waals surface area (Å²) in [4.78, 5) is 22.3. The minimum Gasteiger partial charge on any atom is -0.480 e. The first kappa shape index (κ1) is 15.9. The largest absolute Gasteiger partial charge is 0.480 e. The van der Waals surface area contributed by atoms with Crippen molar-refractivity contribution in [3.63, 3.8) is 0 Å².